The first-order valence-corrected chi connectivity index (χ1v) is 25.5. The lowest BCUT2D eigenvalue weighted by atomic mass is 9.75. The predicted octanol–water partition coefficient (Wildman–Crippen LogP) is 11.4. The number of para-hydroxylation sites is 4. The first-order chi connectivity index (χ1) is 32.9. The van der Waals surface area contributed by atoms with Gasteiger partial charge in [-0.25, -0.2) is 28.1 Å². The number of fused-ring (bicyclic) bond motifs is 2. The van der Waals surface area contributed by atoms with E-state index in [1.807, 2.05) is 48.9 Å². The summed E-state index contributed by atoms with van der Waals surface area (Å²) in [7, 11) is 10.1. The summed E-state index contributed by atoms with van der Waals surface area (Å²) >= 11 is 0. The molecule has 0 aliphatic heterocycles. The van der Waals surface area contributed by atoms with E-state index in [9.17, 15) is 4.79 Å². The van der Waals surface area contributed by atoms with Crippen LogP contribution in [0.4, 0.5) is 11.4 Å². The number of hydrogen-bond donors (Lipinski definition) is 0. The van der Waals surface area contributed by atoms with Crippen molar-refractivity contribution in [3.63, 3.8) is 0 Å². The van der Waals surface area contributed by atoms with Gasteiger partial charge in [-0.05, 0) is 154 Å². The van der Waals surface area contributed by atoms with Gasteiger partial charge in [0, 0.05) is 26.8 Å². The number of aromatic nitrogens is 4. The maximum atomic E-state index is 15.2. The fraction of sp³-hybridized carbons (Fsp3) is 0.517. The van der Waals surface area contributed by atoms with Gasteiger partial charge in [-0.3, -0.25) is 5.06 Å². The van der Waals surface area contributed by atoms with E-state index < -0.39 is 18.2 Å². The summed E-state index contributed by atoms with van der Waals surface area (Å²) in [6.45, 7) is 19.6. The maximum Gasteiger partial charge on any atom is 0.383 e. The van der Waals surface area contributed by atoms with Gasteiger partial charge in [-0.1, -0.05) is 78.6 Å². The largest absolute Gasteiger partial charge is 0.459 e. The molecule has 368 valence electrons. The number of aryl methyl sites for hydroxylation is 4. The monoisotopic (exact) mass is 939 g/mol. The normalized spacial score (nSPS) is 21.7. The topological polar surface area (TPSA) is 85.9 Å². The molecule has 4 aromatic carbocycles. The molecule has 0 saturated heterocycles. The summed E-state index contributed by atoms with van der Waals surface area (Å²) < 4.78 is 21.7. The van der Waals surface area contributed by atoms with Gasteiger partial charge in [0.15, 0.2) is 28.1 Å². The molecule has 11 nitrogen and oxygen atoms in total. The average Bonchev–Trinajstić information content (AvgIpc) is 3.77. The Bertz CT molecular complexity index is 2820. The summed E-state index contributed by atoms with van der Waals surface area (Å²) in [5.74, 6) is 3.47. The second kappa shape index (κ2) is 20.3. The zero-order valence-corrected chi connectivity index (χ0v) is 43.8. The van der Waals surface area contributed by atoms with Gasteiger partial charge in [0.2, 0.25) is 0 Å². The van der Waals surface area contributed by atoms with Crippen LogP contribution in [0.2, 0.25) is 0 Å². The van der Waals surface area contributed by atoms with Crippen LogP contribution in [-0.2, 0) is 38.0 Å². The molecule has 2 aliphatic rings. The van der Waals surface area contributed by atoms with Gasteiger partial charge in [0.1, 0.15) is 12.2 Å². The maximum absolute atomic E-state index is 15.2. The van der Waals surface area contributed by atoms with E-state index >= 15 is 4.79 Å². The minimum Gasteiger partial charge on any atom is -0.459 e. The van der Waals surface area contributed by atoms with E-state index in [2.05, 4.69) is 157 Å². The molecule has 6 aromatic rings. The van der Waals surface area contributed by atoms with Crippen LogP contribution < -0.4 is 19.1 Å². The van der Waals surface area contributed by atoms with Crippen molar-refractivity contribution in [2.24, 2.45) is 49.6 Å². The molecule has 69 heavy (non-hydrogen) atoms. The van der Waals surface area contributed by atoms with Crippen molar-refractivity contribution >= 4 is 45.4 Å². The molecule has 0 N–H and O–H groups in total. The van der Waals surface area contributed by atoms with E-state index in [1.165, 1.54) is 6.42 Å². The number of rotatable bonds is 14. The van der Waals surface area contributed by atoms with Gasteiger partial charge < -0.3 is 14.4 Å². The van der Waals surface area contributed by atoms with Crippen LogP contribution in [0.25, 0.3) is 44.8 Å². The van der Waals surface area contributed by atoms with Crippen molar-refractivity contribution in [1.82, 2.24) is 9.13 Å². The van der Waals surface area contributed by atoms with Gasteiger partial charge in [0.25, 0.3) is 11.6 Å². The first kappa shape index (κ1) is 49.7. The lowest BCUT2D eigenvalue weighted by molar-refractivity contribution is -0.634. The van der Waals surface area contributed by atoms with Gasteiger partial charge in [-0.15, -0.1) is 0 Å². The van der Waals surface area contributed by atoms with Crippen molar-refractivity contribution in [3.8, 4) is 22.8 Å². The van der Waals surface area contributed by atoms with Crippen LogP contribution >= 0.6 is 0 Å². The van der Waals surface area contributed by atoms with Crippen molar-refractivity contribution in [1.29, 1.82) is 0 Å². The Labute approximate surface area is 410 Å². The van der Waals surface area contributed by atoms with E-state index in [0.717, 1.165) is 99.4 Å². The molecule has 0 radical (unpaired) electrons. The molecule has 2 saturated carbocycles. The van der Waals surface area contributed by atoms with Crippen LogP contribution in [0.3, 0.4) is 0 Å². The number of imidazole rings is 2. The third-order valence-electron chi connectivity index (χ3n) is 15.7. The molecule has 2 aliphatic carbocycles. The Morgan fingerprint density at radius 3 is 1.54 bits per heavy atom. The van der Waals surface area contributed by atoms with Crippen LogP contribution in [0.15, 0.2) is 84.9 Å². The number of nitrogens with zero attached hydrogens (tertiary/aromatic N) is 6. The first-order valence-electron chi connectivity index (χ1n) is 25.5. The zero-order chi connectivity index (χ0) is 49.6. The summed E-state index contributed by atoms with van der Waals surface area (Å²) in [4.78, 5) is 38.7. The number of ether oxygens (including phenoxy) is 2. The molecule has 11 heteroatoms. The average molecular weight is 939 g/mol. The molecule has 0 unspecified atom stereocenters. The van der Waals surface area contributed by atoms with E-state index in [0.29, 0.717) is 29.6 Å². The van der Waals surface area contributed by atoms with Crippen molar-refractivity contribution in [3.05, 3.63) is 96.1 Å². The Hall–Kier alpha value is -5.68. The highest BCUT2D eigenvalue weighted by molar-refractivity contribution is 5.84. The Kier molecular flexibility index (Phi) is 14.7. The highest BCUT2D eigenvalue weighted by Crippen LogP contribution is 2.40. The zero-order valence-electron chi connectivity index (χ0n) is 43.8. The number of anilines is 2. The number of esters is 2. The van der Waals surface area contributed by atoms with Gasteiger partial charge in [-0.2, -0.15) is 4.57 Å². The quantitative estimate of drug-likeness (QED) is 0.0611. The van der Waals surface area contributed by atoms with Crippen LogP contribution in [-0.4, -0.2) is 54.4 Å². The summed E-state index contributed by atoms with van der Waals surface area (Å²) in [5.41, 5.74) is 9.67. The third kappa shape index (κ3) is 9.77. The van der Waals surface area contributed by atoms with Crippen molar-refractivity contribution in [2.75, 3.05) is 31.1 Å². The second-order valence-corrected chi connectivity index (χ2v) is 21.6. The SMILES string of the molecule is Cc1cc(-c2n([C@H](ON(C)c3ccc(-c4n([C@H](C)C(=O)O[C@@H]5C[C@H](C)CC[C@H]5C(C)C)c5ccccc5[n+]4C)cc3C)C(=O)O[C@@H]3C[C@H](C)CC[C@H]3C(C)C)c3ccccc3[n+]2C)ccc1N(C)C. The van der Waals surface area contributed by atoms with Gasteiger partial charge in [0.05, 0.1) is 30.9 Å². The summed E-state index contributed by atoms with van der Waals surface area (Å²) in [6.07, 6.45) is 4.60. The van der Waals surface area contributed by atoms with E-state index in [1.54, 1.807) is 5.06 Å². The molecule has 2 heterocycles. The molecule has 2 fully saturated rings. The number of hydrogen-bond acceptors (Lipinski definition) is 7. The smallest absolute Gasteiger partial charge is 0.383 e. The fourth-order valence-corrected chi connectivity index (χ4v) is 11.9. The second-order valence-electron chi connectivity index (χ2n) is 21.6. The summed E-state index contributed by atoms with van der Waals surface area (Å²) in [5, 5.41) is 1.72. The Morgan fingerprint density at radius 2 is 1.06 bits per heavy atom. The number of carbonyl (C=O) groups is 2. The molecule has 8 atom stereocenters. The summed E-state index contributed by atoms with van der Waals surface area (Å²) in [6, 6.07) is 28.6. The third-order valence-corrected chi connectivity index (χ3v) is 15.7. The number of benzene rings is 4. The van der Waals surface area contributed by atoms with Crippen molar-refractivity contribution < 1.29 is 33.0 Å². The van der Waals surface area contributed by atoms with Crippen molar-refractivity contribution in [2.45, 2.75) is 125 Å². The molecule has 0 amide bonds. The lowest BCUT2D eigenvalue weighted by Crippen LogP contribution is -2.40. The fourth-order valence-electron chi connectivity index (χ4n) is 11.9. The number of hydroxylamine groups is 1. The van der Waals surface area contributed by atoms with E-state index in [4.69, 9.17) is 14.3 Å². The predicted molar refractivity (Wildman–Crippen MR) is 277 cm³/mol. The highest BCUT2D eigenvalue weighted by Gasteiger charge is 2.43. The molecule has 0 bridgehead atoms. The highest BCUT2D eigenvalue weighted by atomic mass is 16.7. The minimum atomic E-state index is -1.18. The standard InChI is InChI=1S/C58H78N6O5/c1-35(2)44-27-23-37(5)31-52(44)67-57(65)41(9)63-50-21-17-15-19-48(50)60(12)54(63)42-26-30-47(40(8)34-42)62(14)69-56(58(66)68-53-32-38(6)24-28-45(53)36(3)4)64-51-22-18-16-20-49(51)61(13)55(64)43-25-29-46(59(10)11)39(7)33-43/h15-22,25-26,29-30,33-38,41,44-45,52-53,56H,23-24,27-28,31-32H2,1-14H3/q+2/t37-,38-,41-,44+,45+,52-,53-,56-/m1/s1. The molecular weight excluding hydrogens is 861 g/mol. The lowest BCUT2D eigenvalue weighted by Gasteiger charge is -2.37. The minimum absolute atomic E-state index is 0.0976. The molecule has 2 aromatic heterocycles. The Morgan fingerprint density at radius 1 is 0.609 bits per heavy atom. The van der Waals surface area contributed by atoms with Crippen LogP contribution in [0, 0.1) is 49.4 Å². The van der Waals surface area contributed by atoms with Crippen LogP contribution in [0.1, 0.15) is 110 Å². The molecule has 0 spiro atoms. The Balaban J connectivity index is 1.19. The number of carbonyl (C=O) groups excluding carboxylic acids is 2. The van der Waals surface area contributed by atoms with Gasteiger partial charge >= 0.3 is 18.2 Å². The van der Waals surface area contributed by atoms with E-state index in [-0.39, 0.29) is 24.1 Å². The van der Waals surface area contributed by atoms with Crippen LogP contribution in [0.5, 0.6) is 0 Å². The molecule has 8 rings (SSSR count). The molecular formula is C58H78N6O5+2.